The standard InChI is InChI=1S/C14H20N2O5S/c1-7(17)11-9-6-10(22-5-4-15-8(2)18)12(14(20)21-3)16(9)13(11)19/h7,9,11,17H,4-6H2,1-3H3,(H,15,18)/t7-,9-,11-/m1/s1. The number of nitrogens with one attached hydrogen (secondary N) is 1. The summed E-state index contributed by atoms with van der Waals surface area (Å²) in [6.07, 6.45) is -0.201. The van der Waals surface area contributed by atoms with Crippen LogP contribution in [0.2, 0.25) is 0 Å². The summed E-state index contributed by atoms with van der Waals surface area (Å²) in [5.74, 6) is -0.751. The summed E-state index contributed by atoms with van der Waals surface area (Å²) in [6, 6.07) is -0.176. The van der Waals surface area contributed by atoms with Gasteiger partial charge < -0.3 is 20.1 Å². The number of methoxy groups -OCH3 is 1. The zero-order chi connectivity index (χ0) is 16.4. The summed E-state index contributed by atoms with van der Waals surface area (Å²) in [5.41, 5.74) is 0.280. The van der Waals surface area contributed by atoms with Gasteiger partial charge in [0.05, 0.1) is 25.2 Å². The Morgan fingerprint density at radius 1 is 1.55 bits per heavy atom. The van der Waals surface area contributed by atoms with Crippen LogP contribution in [0.25, 0.3) is 0 Å². The predicted octanol–water partition coefficient (Wildman–Crippen LogP) is -0.148. The maximum absolute atomic E-state index is 12.1. The minimum absolute atomic E-state index is 0.109. The van der Waals surface area contributed by atoms with Crippen LogP contribution in [0.1, 0.15) is 20.3 Å². The van der Waals surface area contributed by atoms with Gasteiger partial charge in [-0.25, -0.2) is 4.79 Å². The molecule has 0 saturated carbocycles. The molecular weight excluding hydrogens is 308 g/mol. The molecule has 1 fully saturated rings. The van der Waals surface area contributed by atoms with Gasteiger partial charge in [0.25, 0.3) is 0 Å². The number of nitrogens with zero attached hydrogens (tertiary/aromatic N) is 1. The molecule has 2 rings (SSSR count). The molecule has 0 bridgehead atoms. The molecule has 2 N–H and O–H groups in total. The highest BCUT2D eigenvalue weighted by molar-refractivity contribution is 8.03. The molecule has 0 aliphatic carbocycles. The van der Waals surface area contributed by atoms with Crippen molar-refractivity contribution in [2.24, 2.45) is 5.92 Å². The van der Waals surface area contributed by atoms with Crippen molar-refractivity contribution in [1.29, 1.82) is 0 Å². The van der Waals surface area contributed by atoms with E-state index in [1.54, 1.807) is 6.92 Å². The maximum atomic E-state index is 12.1. The lowest BCUT2D eigenvalue weighted by Crippen LogP contribution is -2.61. The Balaban J connectivity index is 2.09. The molecule has 3 atom stereocenters. The van der Waals surface area contributed by atoms with E-state index in [0.717, 1.165) is 4.91 Å². The zero-order valence-corrected chi connectivity index (χ0v) is 13.6. The van der Waals surface area contributed by atoms with Crippen molar-refractivity contribution in [2.75, 3.05) is 19.4 Å². The molecule has 0 aromatic rings. The monoisotopic (exact) mass is 328 g/mol. The SMILES string of the molecule is COC(=O)C1=C(SCCNC(C)=O)C[C@@H]2[C@@H]([C@@H](C)O)C(=O)N12. The van der Waals surface area contributed by atoms with E-state index in [2.05, 4.69) is 5.32 Å². The number of hydrogen-bond donors (Lipinski definition) is 2. The van der Waals surface area contributed by atoms with E-state index < -0.39 is 18.0 Å². The Bertz CT molecular complexity index is 531. The number of ether oxygens (including phenoxy) is 1. The molecule has 0 radical (unpaired) electrons. The number of esters is 1. The Morgan fingerprint density at radius 3 is 2.77 bits per heavy atom. The fourth-order valence-electron chi connectivity index (χ4n) is 2.85. The van der Waals surface area contributed by atoms with E-state index in [0.29, 0.717) is 18.7 Å². The highest BCUT2D eigenvalue weighted by Crippen LogP contribution is 2.47. The van der Waals surface area contributed by atoms with Crippen LogP contribution in [-0.4, -0.2) is 59.3 Å². The molecule has 2 heterocycles. The summed E-state index contributed by atoms with van der Waals surface area (Å²) < 4.78 is 4.77. The third kappa shape index (κ3) is 2.98. The third-order valence-electron chi connectivity index (χ3n) is 3.82. The lowest BCUT2D eigenvalue weighted by atomic mass is 9.83. The van der Waals surface area contributed by atoms with Crippen LogP contribution in [0.5, 0.6) is 0 Å². The number of aliphatic hydroxyl groups excluding tert-OH is 1. The number of rotatable bonds is 6. The molecule has 0 aromatic heterocycles. The lowest BCUT2D eigenvalue weighted by Gasteiger charge is -2.44. The number of hydrogen-bond acceptors (Lipinski definition) is 6. The van der Waals surface area contributed by atoms with Gasteiger partial charge in [0, 0.05) is 30.5 Å². The number of carbonyl (C=O) groups is 3. The topological polar surface area (TPSA) is 95.9 Å². The summed E-state index contributed by atoms with van der Waals surface area (Å²) in [6.45, 7) is 3.51. The molecule has 0 aromatic carbocycles. The van der Waals surface area contributed by atoms with Gasteiger partial charge in [-0.05, 0) is 6.92 Å². The molecule has 8 heteroatoms. The summed E-state index contributed by atoms with van der Waals surface area (Å²) >= 11 is 1.43. The minimum Gasteiger partial charge on any atom is -0.464 e. The van der Waals surface area contributed by atoms with Gasteiger partial charge in [0.15, 0.2) is 0 Å². The van der Waals surface area contributed by atoms with Crippen molar-refractivity contribution in [3.63, 3.8) is 0 Å². The molecule has 122 valence electrons. The molecule has 0 unspecified atom stereocenters. The maximum Gasteiger partial charge on any atom is 0.355 e. The highest BCUT2D eigenvalue weighted by Gasteiger charge is 2.56. The van der Waals surface area contributed by atoms with Gasteiger partial charge in [0.1, 0.15) is 5.70 Å². The average Bonchev–Trinajstić information content (AvgIpc) is 2.76. The van der Waals surface area contributed by atoms with Crippen molar-refractivity contribution < 1.29 is 24.2 Å². The molecular formula is C14H20N2O5S. The fraction of sp³-hybridized carbons (Fsp3) is 0.643. The number of fused-ring (bicyclic) bond motifs is 1. The van der Waals surface area contributed by atoms with Crippen LogP contribution in [0.4, 0.5) is 0 Å². The van der Waals surface area contributed by atoms with E-state index in [-0.39, 0.29) is 23.6 Å². The Morgan fingerprint density at radius 2 is 2.23 bits per heavy atom. The Labute approximate surface area is 133 Å². The molecule has 2 aliphatic heterocycles. The summed E-state index contributed by atoms with van der Waals surface area (Å²) in [4.78, 5) is 37.2. The van der Waals surface area contributed by atoms with Crippen molar-refractivity contribution in [2.45, 2.75) is 32.4 Å². The van der Waals surface area contributed by atoms with Crippen molar-refractivity contribution in [3.8, 4) is 0 Å². The highest BCUT2D eigenvalue weighted by atomic mass is 32.2. The van der Waals surface area contributed by atoms with Crippen molar-refractivity contribution in [3.05, 3.63) is 10.6 Å². The average molecular weight is 328 g/mol. The van der Waals surface area contributed by atoms with Crippen molar-refractivity contribution >= 4 is 29.5 Å². The summed E-state index contributed by atoms with van der Waals surface area (Å²) in [7, 11) is 1.28. The molecule has 2 aliphatic rings. The lowest BCUT2D eigenvalue weighted by molar-refractivity contribution is -0.161. The Hall–Kier alpha value is -1.54. The van der Waals surface area contributed by atoms with Crippen LogP contribution in [-0.2, 0) is 19.1 Å². The van der Waals surface area contributed by atoms with Crippen LogP contribution < -0.4 is 5.32 Å². The van der Waals surface area contributed by atoms with Gasteiger partial charge >= 0.3 is 5.97 Å². The smallest absolute Gasteiger partial charge is 0.355 e. The first-order chi connectivity index (χ1) is 10.4. The second-order valence-corrected chi connectivity index (χ2v) is 6.53. The van der Waals surface area contributed by atoms with E-state index in [1.165, 1.54) is 30.7 Å². The minimum atomic E-state index is -0.739. The fourth-order valence-corrected chi connectivity index (χ4v) is 3.91. The molecule has 0 spiro atoms. The van der Waals surface area contributed by atoms with Crippen LogP contribution in [0, 0.1) is 5.92 Å². The van der Waals surface area contributed by atoms with E-state index in [9.17, 15) is 19.5 Å². The van der Waals surface area contributed by atoms with Gasteiger partial charge in [0.2, 0.25) is 11.8 Å². The largest absolute Gasteiger partial charge is 0.464 e. The number of aliphatic hydroxyl groups is 1. The molecule has 7 nitrogen and oxygen atoms in total. The predicted molar refractivity (Wildman–Crippen MR) is 80.6 cm³/mol. The number of thioether (sulfide) groups is 1. The number of carbonyl (C=O) groups excluding carboxylic acids is 3. The first-order valence-corrected chi connectivity index (χ1v) is 8.06. The van der Waals surface area contributed by atoms with E-state index >= 15 is 0 Å². The Kier molecular flexibility index (Phi) is 5.12. The van der Waals surface area contributed by atoms with Crippen molar-refractivity contribution in [1.82, 2.24) is 10.2 Å². The van der Waals surface area contributed by atoms with Gasteiger partial charge in [-0.2, -0.15) is 0 Å². The first kappa shape index (κ1) is 16.8. The molecule has 1 saturated heterocycles. The van der Waals surface area contributed by atoms with E-state index in [4.69, 9.17) is 4.74 Å². The third-order valence-corrected chi connectivity index (χ3v) is 4.94. The molecule has 22 heavy (non-hydrogen) atoms. The second-order valence-electron chi connectivity index (χ2n) is 5.34. The normalized spacial score (nSPS) is 24.7. The molecule has 2 amide bonds. The number of β-lactam (4-membered cyclic amide) rings is 1. The van der Waals surface area contributed by atoms with Gasteiger partial charge in [-0.1, -0.05) is 0 Å². The van der Waals surface area contributed by atoms with Gasteiger partial charge in [-0.15, -0.1) is 11.8 Å². The van der Waals surface area contributed by atoms with Gasteiger partial charge in [-0.3, -0.25) is 9.59 Å². The quantitative estimate of drug-likeness (QED) is 0.400. The first-order valence-electron chi connectivity index (χ1n) is 7.08. The van der Waals surface area contributed by atoms with E-state index in [1.807, 2.05) is 0 Å². The number of amides is 2. The van der Waals surface area contributed by atoms with Crippen LogP contribution >= 0.6 is 11.8 Å². The van der Waals surface area contributed by atoms with Crippen LogP contribution in [0.15, 0.2) is 10.6 Å². The van der Waals surface area contributed by atoms with Crippen LogP contribution in [0.3, 0.4) is 0 Å². The second kappa shape index (κ2) is 6.70. The summed E-state index contributed by atoms with van der Waals surface area (Å²) in [5, 5.41) is 12.4. The zero-order valence-electron chi connectivity index (χ0n) is 12.8.